The Labute approximate surface area is 175 Å². The van der Waals surface area contributed by atoms with Crippen molar-refractivity contribution in [3.8, 4) is 0 Å². The van der Waals surface area contributed by atoms with E-state index in [0.717, 1.165) is 43.1 Å². The van der Waals surface area contributed by atoms with Gasteiger partial charge < -0.3 is 27.5 Å². The molecule has 10 heteroatoms. The van der Waals surface area contributed by atoms with Gasteiger partial charge in [0.1, 0.15) is 11.4 Å². The van der Waals surface area contributed by atoms with Crippen molar-refractivity contribution in [3.05, 3.63) is 35.5 Å². The van der Waals surface area contributed by atoms with Gasteiger partial charge in [0.05, 0.1) is 11.9 Å². The average molecular weight is 409 g/mol. The Bertz CT molecular complexity index is 944. The number of carbonyl (C=O) groups excluding carboxylic acids is 1. The maximum absolute atomic E-state index is 11.9. The summed E-state index contributed by atoms with van der Waals surface area (Å²) in [6.45, 7) is 1.93. The SMILES string of the molecule is Cc1ccc(Nc2nc(N[C@@H]3CCCC[C@@H]3N)ncc2C(N)=O)cc1N/N=C\C=N. The Kier molecular flexibility index (Phi) is 6.91. The van der Waals surface area contributed by atoms with Crippen molar-refractivity contribution >= 4 is 41.5 Å². The summed E-state index contributed by atoms with van der Waals surface area (Å²) in [5.41, 5.74) is 17.2. The molecule has 1 aliphatic carbocycles. The fraction of sp³-hybridized carbons (Fsp3) is 0.350. The van der Waals surface area contributed by atoms with Gasteiger partial charge in [-0.05, 0) is 37.5 Å². The topological polar surface area (TPSA) is 167 Å². The van der Waals surface area contributed by atoms with Gasteiger partial charge in [0.25, 0.3) is 5.91 Å². The first-order valence-electron chi connectivity index (χ1n) is 9.82. The van der Waals surface area contributed by atoms with Crippen molar-refractivity contribution in [2.75, 3.05) is 16.1 Å². The number of rotatable bonds is 8. The van der Waals surface area contributed by atoms with Crippen LogP contribution in [0.25, 0.3) is 0 Å². The van der Waals surface area contributed by atoms with Gasteiger partial charge in [-0.2, -0.15) is 10.1 Å². The summed E-state index contributed by atoms with van der Waals surface area (Å²) in [6, 6.07) is 5.72. The average Bonchev–Trinajstić information content (AvgIpc) is 2.72. The number of hydrogen-bond acceptors (Lipinski definition) is 9. The zero-order valence-electron chi connectivity index (χ0n) is 16.9. The first kappa shape index (κ1) is 21.2. The van der Waals surface area contributed by atoms with E-state index >= 15 is 0 Å². The molecule has 8 N–H and O–H groups in total. The molecule has 1 aliphatic rings. The molecule has 1 aromatic heterocycles. The van der Waals surface area contributed by atoms with E-state index in [1.54, 1.807) is 0 Å². The van der Waals surface area contributed by atoms with Crippen molar-refractivity contribution in [1.82, 2.24) is 9.97 Å². The number of hydrazone groups is 1. The number of nitrogens with zero attached hydrogens (tertiary/aromatic N) is 3. The van der Waals surface area contributed by atoms with E-state index in [-0.39, 0.29) is 17.6 Å². The van der Waals surface area contributed by atoms with Gasteiger partial charge in [-0.1, -0.05) is 18.9 Å². The standard InChI is InChI=1S/C20H27N9O/c1-12-6-7-13(10-17(12)29-25-9-8-21)26-19-14(18(23)30)11-24-20(28-19)27-16-5-3-2-4-15(16)22/h6-11,15-16,21,29H,2-5,22H2,1H3,(H2,23,30)(H2,24,26,27,28)/b21-8?,25-9-/t15-,16+/m0/s1. The lowest BCUT2D eigenvalue weighted by molar-refractivity contribution is 0.100. The van der Waals surface area contributed by atoms with Crippen LogP contribution in [0.1, 0.15) is 41.6 Å². The fourth-order valence-electron chi connectivity index (χ4n) is 3.33. The molecule has 2 aromatic rings. The Morgan fingerprint density at radius 2 is 2.13 bits per heavy atom. The lowest BCUT2D eigenvalue weighted by Gasteiger charge is -2.29. The Hall–Kier alpha value is -3.53. The third-order valence-electron chi connectivity index (χ3n) is 5.02. The van der Waals surface area contributed by atoms with Crippen molar-refractivity contribution in [2.45, 2.75) is 44.7 Å². The molecule has 1 heterocycles. The predicted molar refractivity (Wildman–Crippen MR) is 120 cm³/mol. The van der Waals surface area contributed by atoms with Gasteiger partial charge in [-0.25, -0.2) is 4.98 Å². The van der Waals surface area contributed by atoms with Crippen LogP contribution < -0.4 is 27.5 Å². The number of aromatic nitrogens is 2. The van der Waals surface area contributed by atoms with Crippen LogP contribution in [-0.2, 0) is 0 Å². The van der Waals surface area contributed by atoms with Crippen molar-refractivity contribution in [1.29, 1.82) is 5.41 Å². The first-order chi connectivity index (χ1) is 14.5. The molecule has 0 bridgehead atoms. The monoisotopic (exact) mass is 409 g/mol. The summed E-state index contributed by atoms with van der Waals surface area (Å²) in [5, 5.41) is 17.4. The minimum Gasteiger partial charge on any atom is -0.365 e. The zero-order valence-corrected chi connectivity index (χ0v) is 16.9. The van der Waals surface area contributed by atoms with Crippen LogP contribution in [0.4, 0.5) is 23.1 Å². The maximum Gasteiger partial charge on any atom is 0.254 e. The highest BCUT2D eigenvalue weighted by Crippen LogP contribution is 2.26. The highest BCUT2D eigenvalue weighted by molar-refractivity contribution is 6.14. The first-order valence-corrected chi connectivity index (χ1v) is 9.82. The summed E-state index contributed by atoms with van der Waals surface area (Å²) < 4.78 is 0. The van der Waals surface area contributed by atoms with E-state index in [2.05, 4.69) is 31.1 Å². The largest absolute Gasteiger partial charge is 0.365 e. The second-order valence-electron chi connectivity index (χ2n) is 7.23. The van der Waals surface area contributed by atoms with Crippen LogP contribution in [0, 0.1) is 12.3 Å². The number of nitrogens with one attached hydrogen (secondary N) is 4. The van der Waals surface area contributed by atoms with Crippen LogP contribution >= 0.6 is 0 Å². The second-order valence-corrected chi connectivity index (χ2v) is 7.23. The molecule has 2 atom stereocenters. The molecule has 1 aromatic carbocycles. The summed E-state index contributed by atoms with van der Waals surface area (Å²) >= 11 is 0. The molecule has 10 nitrogen and oxygen atoms in total. The number of amides is 1. The Morgan fingerprint density at radius 3 is 2.87 bits per heavy atom. The van der Waals surface area contributed by atoms with E-state index < -0.39 is 5.91 Å². The number of benzene rings is 1. The molecule has 1 saturated carbocycles. The molecular weight excluding hydrogens is 382 g/mol. The highest BCUT2D eigenvalue weighted by Gasteiger charge is 2.23. The van der Waals surface area contributed by atoms with Crippen LogP contribution in [-0.4, -0.2) is 40.4 Å². The second kappa shape index (κ2) is 9.79. The quantitative estimate of drug-likeness (QED) is 0.287. The van der Waals surface area contributed by atoms with Gasteiger partial charge in [0.15, 0.2) is 0 Å². The summed E-state index contributed by atoms with van der Waals surface area (Å²) in [5.74, 6) is 0.0764. The molecule has 0 unspecified atom stereocenters. The number of primary amides is 1. The van der Waals surface area contributed by atoms with Crippen molar-refractivity contribution in [2.24, 2.45) is 16.6 Å². The van der Waals surface area contributed by atoms with Gasteiger partial charge in [-0.15, -0.1) is 0 Å². The Balaban J connectivity index is 1.84. The van der Waals surface area contributed by atoms with Gasteiger partial charge >= 0.3 is 0 Å². The molecule has 0 spiro atoms. The molecule has 0 saturated heterocycles. The van der Waals surface area contributed by atoms with Crippen LogP contribution in [0.5, 0.6) is 0 Å². The van der Waals surface area contributed by atoms with E-state index in [1.165, 1.54) is 12.4 Å². The minimum atomic E-state index is -0.625. The lowest BCUT2D eigenvalue weighted by Crippen LogP contribution is -2.43. The fourth-order valence-corrected chi connectivity index (χ4v) is 3.33. The van der Waals surface area contributed by atoms with E-state index in [4.69, 9.17) is 16.9 Å². The van der Waals surface area contributed by atoms with E-state index in [9.17, 15) is 4.79 Å². The lowest BCUT2D eigenvalue weighted by atomic mass is 9.91. The molecule has 1 fully saturated rings. The number of nitrogens with two attached hydrogens (primary N) is 2. The third-order valence-corrected chi connectivity index (χ3v) is 5.02. The number of aryl methyl sites for hydroxylation is 1. The Morgan fingerprint density at radius 1 is 1.33 bits per heavy atom. The molecule has 1 amide bonds. The smallest absolute Gasteiger partial charge is 0.254 e. The van der Waals surface area contributed by atoms with E-state index in [1.807, 2.05) is 25.1 Å². The third kappa shape index (κ3) is 5.29. The molecule has 0 radical (unpaired) electrons. The summed E-state index contributed by atoms with van der Waals surface area (Å²) in [6.07, 6.45) is 7.98. The van der Waals surface area contributed by atoms with Crippen molar-refractivity contribution < 1.29 is 4.79 Å². The van der Waals surface area contributed by atoms with E-state index in [0.29, 0.717) is 17.5 Å². The van der Waals surface area contributed by atoms with Crippen LogP contribution in [0.2, 0.25) is 0 Å². The summed E-state index contributed by atoms with van der Waals surface area (Å²) in [7, 11) is 0. The van der Waals surface area contributed by atoms with Crippen molar-refractivity contribution in [3.63, 3.8) is 0 Å². The number of hydrogen-bond donors (Lipinski definition) is 6. The molecule has 158 valence electrons. The normalized spacial score (nSPS) is 18.7. The van der Waals surface area contributed by atoms with Crippen LogP contribution in [0.15, 0.2) is 29.5 Å². The van der Waals surface area contributed by atoms with Gasteiger partial charge in [0, 0.05) is 30.2 Å². The highest BCUT2D eigenvalue weighted by atomic mass is 16.1. The number of carbonyl (C=O) groups is 1. The molecule has 30 heavy (non-hydrogen) atoms. The van der Waals surface area contributed by atoms with Gasteiger partial charge in [-0.3, -0.25) is 10.2 Å². The van der Waals surface area contributed by atoms with Gasteiger partial charge in [0.2, 0.25) is 5.95 Å². The van der Waals surface area contributed by atoms with Crippen LogP contribution in [0.3, 0.4) is 0 Å². The summed E-state index contributed by atoms with van der Waals surface area (Å²) in [4.78, 5) is 20.6. The molecule has 0 aliphatic heterocycles. The molecule has 3 rings (SSSR count). The molecular formula is C20H27N9O. The maximum atomic E-state index is 11.9. The minimum absolute atomic E-state index is 0.0434. The predicted octanol–water partition coefficient (Wildman–Crippen LogP) is 2.36. The number of anilines is 4. The zero-order chi connectivity index (χ0) is 21.5.